The Balaban J connectivity index is 1.43. The average molecular weight is 424 g/mol. The van der Waals surface area contributed by atoms with Crippen LogP contribution in [0.25, 0.3) is 11.3 Å². The fourth-order valence-electron chi connectivity index (χ4n) is 4.31. The summed E-state index contributed by atoms with van der Waals surface area (Å²) in [6.07, 6.45) is 3.53. The molecular formula is C23H22ClN3O3. The van der Waals surface area contributed by atoms with Gasteiger partial charge in [-0.2, -0.15) is 0 Å². The molecule has 0 atom stereocenters. The average Bonchev–Trinajstić information content (AvgIpc) is 3.27. The van der Waals surface area contributed by atoms with Crippen LogP contribution in [-0.2, 0) is 20.9 Å². The Morgan fingerprint density at radius 2 is 1.93 bits per heavy atom. The minimum atomic E-state index is -0.213. The van der Waals surface area contributed by atoms with Crippen LogP contribution in [0.3, 0.4) is 0 Å². The van der Waals surface area contributed by atoms with Gasteiger partial charge in [-0.3, -0.25) is 14.5 Å². The zero-order valence-electron chi connectivity index (χ0n) is 16.5. The van der Waals surface area contributed by atoms with E-state index in [0.717, 1.165) is 48.3 Å². The molecule has 0 radical (unpaired) electrons. The fourth-order valence-corrected chi connectivity index (χ4v) is 4.48. The Morgan fingerprint density at radius 1 is 1.10 bits per heavy atom. The molecule has 0 aromatic heterocycles. The van der Waals surface area contributed by atoms with E-state index in [-0.39, 0.29) is 11.8 Å². The predicted octanol–water partition coefficient (Wildman–Crippen LogP) is 4.12. The molecule has 2 aromatic carbocycles. The number of carbonyl (C=O) groups is 2. The lowest BCUT2D eigenvalue weighted by molar-refractivity contribution is -0.117. The second-order valence-corrected chi connectivity index (χ2v) is 8.33. The van der Waals surface area contributed by atoms with Gasteiger partial charge >= 0.3 is 0 Å². The summed E-state index contributed by atoms with van der Waals surface area (Å²) in [7, 11) is 0. The van der Waals surface area contributed by atoms with E-state index in [2.05, 4.69) is 15.5 Å². The highest BCUT2D eigenvalue weighted by atomic mass is 35.5. The molecular weight excluding hydrogens is 402 g/mol. The molecule has 2 amide bonds. The maximum Gasteiger partial charge on any atom is 0.260 e. The predicted molar refractivity (Wildman–Crippen MR) is 117 cm³/mol. The molecule has 2 aromatic rings. The maximum absolute atomic E-state index is 12.7. The van der Waals surface area contributed by atoms with Crippen molar-refractivity contribution >= 4 is 46.1 Å². The largest absolute Gasteiger partial charge is 0.487 e. The summed E-state index contributed by atoms with van der Waals surface area (Å²) in [6.45, 7) is 2.73. The number of amides is 2. The summed E-state index contributed by atoms with van der Waals surface area (Å²) >= 11 is 6.15. The van der Waals surface area contributed by atoms with Crippen LogP contribution in [-0.4, -0.2) is 36.3 Å². The van der Waals surface area contributed by atoms with Gasteiger partial charge in [-0.1, -0.05) is 24.1 Å². The third kappa shape index (κ3) is 3.57. The Bertz CT molecular complexity index is 1070. The van der Waals surface area contributed by atoms with Gasteiger partial charge in [-0.05, 0) is 56.3 Å². The van der Waals surface area contributed by atoms with Gasteiger partial charge < -0.3 is 15.4 Å². The van der Waals surface area contributed by atoms with Crippen molar-refractivity contribution in [2.75, 3.05) is 30.3 Å². The third-order valence-corrected chi connectivity index (χ3v) is 6.01. The Kier molecular flexibility index (Phi) is 4.97. The number of halogens is 1. The number of benzene rings is 2. The van der Waals surface area contributed by atoms with E-state index in [1.54, 1.807) is 18.2 Å². The van der Waals surface area contributed by atoms with Crippen molar-refractivity contribution in [2.45, 2.75) is 25.9 Å². The first kappa shape index (κ1) is 19.2. The van der Waals surface area contributed by atoms with Crippen LogP contribution in [0.15, 0.2) is 36.4 Å². The molecule has 3 aliphatic rings. The lowest BCUT2D eigenvalue weighted by Gasteiger charge is -2.25. The highest BCUT2D eigenvalue weighted by Crippen LogP contribution is 2.42. The molecule has 5 rings (SSSR count). The van der Waals surface area contributed by atoms with Crippen molar-refractivity contribution < 1.29 is 14.3 Å². The van der Waals surface area contributed by atoms with Crippen molar-refractivity contribution in [3.8, 4) is 0 Å². The van der Waals surface area contributed by atoms with E-state index < -0.39 is 0 Å². The Labute approximate surface area is 179 Å². The fraction of sp³-hybridized carbons (Fsp3) is 0.304. The summed E-state index contributed by atoms with van der Waals surface area (Å²) in [4.78, 5) is 27.3. The molecule has 30 heavy (non-hydrogen) atoms. The smallest absolute Gasteiger partial charge is 0.260 e. The summed E-state index contributed by atoms with van der Waals surface area (Å²) in [5, 5.41) is 6.41. The standard InChI is InChI=1S/C23H22ClN3O3/c24-15-5-7-19-18(10-15)21(23(29)26-19)22-17-11-16(6-4-14(17)13-30-22)25-20(28)12-27-8-2-1-3-9-27/h4-7,10-11H,1-3,8-9,12-13H2,(H,25,28)(H,26,29). The summed E-state index contributed by atoms with van der Waals surface area (Å²) in [5.74, 6) is 0.283. The van der Waals surface area contributed by atoms with Crippen molar-refractivity contribution in [3.63, 3.8) is 0 Å². The van der Waals surface area contributed by atoms with Crippen molar-refractivity contribution in [3.05, 3.63) is 58.1 Å². The number of carbonyl (C=O) groups excluding carboxylic acids is 2. The topological polar surface area (TPSA) is 70.7 Å². The quantitative estimate of drug-likeness (QED) is 0.729. The first-order valence-electron chi connectivity index (χ1n) is 10.2. The Morgan fingerprint density at radius 3 is 2.77 bits per heavy atom. The normalized spacial score (nSPS) is 20.4. The van der Waals surface area contributed by atoms with Crippen molar-refractivity contribution in [1.29, 1.82) is 0 Å². The van der Waals surface area contributed by atoms with Crippen LogP contribution in [0.2, 0.25) is 5.02 Å². The number of nitrogens with zero attached hydrogens (tertiary/aromatic N) is 1. The number of hydrogen-bond acceptors (Lipinski definition) is 4. The van der Waals surface area contributed by atoms with Crippen LogP contribution in [0.5, 0.6) is 0 Å². The van der Waals surface area contributed by atoms with Crippen LogP contribution < -0.4 is 10.6 Å². The number of anilines is 2. The van der Waals surface area contributed by atoms with E-state index in [9.17, 15) is 9.59 Å². The molecule has 7 heteroatoms. The molecule has 0 aliphatic carbocycles. The van der Waals surface area contributed by atoms with Gasteiger partial charge in [0.2, 0.25) is 5.91 Å². The van der Waals surface area contributed by atoms with Gasteiger partial charge in [0.05, 0.1) is 12.1 Å². The minimum absolute atomic E-state index is 0.0271. The summed E-state index contributed by atoms with van der Waals surface area (Å²) < 4.78 is 5.91. The van der Waals surface area contributed by atoms with Gasteiger partial charge in [0, 0.05) is 33.1 Å². The number of nitrogens with one attached hydrogen (secondary N) is 2. The zero-order chi connectivity index (χ0) is 20.7. The molecule has 154 valence electrons. The molecule has 0 bridgehead atoms. The second kappa shape index (κ2) is 7.78. The number of likely N-dealkylation sites (tertiary alicyclic amines) is 1. The number of piperidine rings is 1. The lowest BCUT2D eigenvalue weighted by Crippen LogP contribution is -2.36. The van der Waals surface area contributed by atoms with Gasteiger partial charge in [0.15, 0.2) is 0 Å². The molecule has 6 nitrogen and oxygen atoms in total. The van der Waals surface area contributed by atoms with Crippen LogP contribution in [0.4, 0.5) is 11.4 Å². The minimum Gasteiger partial charge on any atom is -0.487 e. The van der Waals surface area contributed by atoms with E-state index in [4.69, 9.17) is 16.3 Å². The molecule has 1 fully saturated rings. The second-order valence-electron chi connectivity index (χ2n) is 7.89. The highest BCUT2D eigenvalue weighted by Gasteiger charge is 2.32. The number of hydrogen-bond donors (Lipinski definition) is 2. The van der Waals surface area contributed by atoms with Gasteiger partial charge in [0.25, 0.3) is 5.91 Å². The zero-order valence-corrected chi connectivity index (χ0v) is 17.2. The maximum atomic E-state index is 12.7. The lowest BCUT2D eigenvalue weighted by atomic mass is 10.00. The van der Waals surface area contributed by atoms with E-state index in [1.807, 2.05) is 18.2 Å². The van der Waals surface area contributed by atoms with Gasteiger partial charge in [-0.25, -0.2) is 0 Å². The van der Waals surface area contributed by atoms with E-state index in [1.165, 1.54) is 6.42 Å². The van der Waals surface area contributed by atoms with Crippen molar-refractivity contribution in [1.82, 2.24) is 4.90 Å². The van der Waals surface area contributed by atoms with Crippen LogP contribution >= 0.6 is 11.6 Å². The monoisotopic (exact) mass is 423 g/mol. The molecule has 0 unspecified atom stereocenters. The molecule has 2 N–H and O–H groups in total. The Hall–Kier alpha value is -2.83. The summed E-state index contributed by atoms with van der Waals surface area (Å²) in [6, 6.07) is 11.0. The molecule has 3 aliphatic heterocycles. The number of fused-ring (bicyclic) bond motifs is 2. The van der Waals surface area contributed by atoms with E-state index >= 15 is 0 Å². The third-order valence-electron chi connectivity index (χ3n) is 5.78. The molecule has 0 saturated carbocycles. The van der Waals surface area contributed by atoms with Crippen molar-refractivity contribution in [2.24, 2.45) is 0 Å². The van der Waals surface area contributed by atoms with E-state index in [0.29, 0.717) is 35.2 Å². The summed E-state index contributed by atoms with van der Waals surface area (Å²) in [5.41, 5.74) is 4.43. The van der Waals surface area contributed by atoms with Gasteiger partial charge in [-0.15, -0.1) is 0 Å². The van der Waals surface area contributed by atoms with Gasteiger partial charge in [0.1, 0.15) is 12.4 Å². The van der Waals surface area contributed by atoms with Crippen LogP contribution in [0.1, 0.15) is 36.0 Å². The highest BCUT2D eigenvalue weighted by molar-refractivity contribution is 6.38. The first-order valence-corrected chi connectivity index (χ1v) is 10.6. The molecule has 0 spiro atoms. The SMILES string of the molecule is O=C(CN1CCCCC1)Nc1ccc2c(c1)C(=C1C(=O)Nc3ccc(Cl)cc31)OC2. The number of ether oxygens (including phenoxy) is 1. The first-order chi connectivity index (χ1) is 14.6. The molecule has 1 saturated heterocycles. The molecule has 3 heterocycles. The van der Waals surface area contributed by atoms with Crippen LogP contribution in [0, 0.1) is 0 Å². The number of rotatable bonds is 3.